The molecule has 0 saturated heterocycles. The van der Waals surface area contributed by atoms with Crippen molar-refractivity contribution in [3.63, 3.8) is 0 Å². The Labute approximate surface area is 59.4 Å². The van der Waals surface area contributed by atoms with E-state index >= 15 is 0 Å². The molecule has 0 heterocycles. The number of hydrogen-bond donors (Lipinski definition) is 0. The Kier molecular flexibility index (Phi) is 10.0. The van der Waals surface area contributed by atoms with Gasteiger partial charge in [-0.15, -0.1) is 0 Å². The molecule has 0 atom stereocenters. The second kappa shape index (κ2) is 6.62. The third-order valence-corrected chi connectivity index (χ3v) is 1.07. The van der Waals surface area contributed by atoms with Crippen LogP contribution in [0.5, 0.6) is 0 Å². The molecule has 1 fully saturated rings. The van der Waals surface area contributed by atoms with Crippen LogP contribution in [-0.2, 0) is 19.5 Å². The summed E-state index contributed by atoms with van der Waals surface area (Å²) in [5, 5.41) is 0. The summed E-state index contributed by atoms with van der Waals surface area (Å²) in [5.41, 5.74) is 0. The van der Waals surface area contributed by atoms with Crippen molar-refractivity contribution in [2.75, 3.05) is 0 Å². The summed E-state index contributed by atoms with van der Waals surface area (Å²) < 4.78 is 0. The van der Waals surface area contributed by atoms with E-state index in [-0.39, 0.29) is 26.9 Å². The predicted molar refractivity (Wildman–Crippen MR) is 29.2 cm³/mol. The standard InChI is InChI=1S/C5H9.CH3.Zn/c1-2-4-5-3-1;;/h1H,2-5H2;1H3;/q2*-1;+2. The first-order valence-electron chi connectivity index (χ1n) is 2.32. The normalized spacial score (nSPS) is 17.1. The van der Waals surface area contributed by atoms with Crippen molar-refractivity contribution in [2.45, 2.75) is 25.7 Å². The third-order valence-electron chi connectivity index (χ3n) is 1.07. The Balaban J connectivity index is 0. The van der Waals surface area contributed by atoms with Crippen LogP contribution in [-0.4, -0.2) is 0 Å². The van der Waals surface area contributed by atoms with E-state index in [0.29, 0.717) is 0 Å². The molecule has 7 heavy (non-hydrogen) atoms. The molecule has 0 amide bonds. The van der Waals surface area contributed by atoms with Gasteiger partial charge in [-0.3, -0.25) is 0 Å². The van der Waals surface area contributed by atoms with Gasteiger partial charge in [-0.05, 0) is 0 Å². The fourth-order valence-corrected chi connectivity index (χ4v) is 0.722. The molecule has 1 saturated carbocycles. The molecule has 0 bridgehead atoms. The van der Waals surface area contributed by atoms with Crippen molar-refractivity contribution in [1.82, 2.24) is 0 Å². The second-order valence-electron chi connectivity index (χ2n) is 1.57. The SMILES string of the molecule is [CH-]1CCCC1.[CH3-].[Zn+2]. The summed E-state index contributed by atoms with van der Waals surface area (Å²) in [6.07, 6.45) is 8.00. The van der Waals surface area contributed by atoms with Gasteiger partial charge in [0.25, 0.3) is 0 Å². The molecule has 0 nitrogen and oxygen atoms in total. The first-order valence-corrected chi connectivity index (χ1v) is 2.32. The molecule has 1 aliphatic rings. The van der Waals surface area contributed by atoms with E-state index in [2.05, 4.69) is 6.42 Å². The van der Waals surface area contributed by atoms with Crippen molar-refractivity contribution in [3.8, 4) is 0 Å². The van der Waals surface area contributed by atoms with Gasteiger partial charge in [-0.1, -0.05) is 12.8 Å². The van der Waals surface area contributed by atoms with Crippen LogP contribution in [0.2, 0.25) is 0 Å². The van der Waals surface area contributed by atoms with Crippen molar-refractivity contribution in [3.05, 3.63) is 13.8 Å². The van der Waals surface area contributed by atoms with E-state index in [4.69, 9.17) is 0 Å². The van der Waals surface area contributed by atoms with Crippen LogP contribution in [0.15, 0.2) is 0 Å². The van der Waals surface area contributed by atoms with Gasteiger partial charge in [0.15, 0.2) is 0 Å². The largest absolute Gasteiger partial charge is 2.00 e. The molecule has 0 aromatic heterocycles. The number of rotatable bonds is 0. The second-order valence-corrected chi connectivity index (χ2v) is 1.57. The van der Waals surface area contributed by atoms with E-state index in [1.54, 1.807) is 0 Å². The smallest absolute Gasteiger partial charge is 0.358 e. The number of hydrogen-bond acceptors (Lipinski definition) is 0. The Bertz CT molecular complexity index is 15.8. The molecule has 0 unspecified atom stereocenters. The van der Waals surface area contributed by atoms with E-state index < -0.39 is 0 Å². The molecule has 0 aromatic carbocycles. The fourth-order valence-electron chi connectivity index (χ4n) is 0.722. The van der Waals surface area contributed by atoms with Crippen LogP contribution in [0.3, 0.4) is 0 Å². The molecule has 0 aliphatic heterocycles. The van der Waals surface area contributed by atoms with E-state index in [1.165, 1.54) is 25.7 Å². The molecule has 0 N–H and O–H groups in total. The Hall–Kier alpha value is 0.623. The minimum atomic E-state index is 0. The molecule has 0 aromatic rings. The summed E-state index contributed by atoms with van der Waals surface area (Å²) in [7, 11) is 0. The van der Waals surface area contributed by atoms with Crippen LogP contribution in [0, 0.1) is 13.8 Å². The monoisotopic (exact) mass is 148 g/mol. The van der Waals surface area contributed by atoms with E-state index in [1.807, 2.05) is 0 Å². The van der Waals surface area contributed by atoms with Crippen LogP contribution >= 0.6 is 0 Å². The van der Waals surface area contributed by atoms with Crippen molar-refractivity contribution < 1.29 is 19.5 Å². The summed E-state index contributed by atoms with van der Waals surface area (Å²) >= 11 is 0. The summed E-state index contributed by atoms with van der Waals surface area (Å²) in [5.74, 6) is 0. The predicted octanol–water partition coefficient (Wildman–Crippen LogP) is 2.21. The van der Waals surface area contributed by atoms with Gasteiger partial charge in [0.1, 0.15) is 0 Å². The van der Waals surface area contributed by atoms with E-state index in [9.17, 15) is 0 Å². The molecule has 1 aliphatic carbocycles. The molecule has 0 radical (unpaired) electrons. The summed E-state index contributed by atoms with van der Waals surface area (Å²) in [6.45, 7) is 0. The maximum absolute atomic E-state index is 2.36. The van der Waals surface area contributed by atoms with Gasteiger partial charge in [0, 0.05) is 0 Å². The fraction of sp³-hybridized carbons (Fsp3) is 0.667. The van der Waals surface area contributed by atoms with Gasteiger partial charge in [0.05, 0.1) is 0 Å². The summed E-state index contributed by atoms with van der Waals surface area (Å²) in [4.78, 5) is 0. The molecule has 1 heteroatoms. The quantitative estimate of drug-likeness (QED) is 0.366. The Morgan fingerprint density at radius 1 is 1.00 bits per heavy atom. The molecule has 1 rings (SSSR count). The average Bonchev–Trinajstić information content (AvgIpc) is 1.76. The minimum Gasteiger partial charge on any atom is -0.358 e. The van der Waals surface area contributed by atoms with Crippen molar-refractivity contribution in [2.24, 2.45) is 0 Å². The van der Waals surface area contributed by atoms with Crippen LogP contribution < -0.4 is 0 Å². The molecule has 38 valence electrons. The topological polar surface area (TPSA) is 0 Å². The van der Waals surface area contributed by atoms with Gasteiger partial charge in [-0.25, -0.2) is 0 Å². The zero-order chi connectivity index (χ0) is 3.54. The summed E-state index contributed by atoms with van der Waals surface area (Å²) in [6, 6.07) is 0. The van der Waals surface area contributed by atoms with Crippen LogP contribution in [0.25, 0.3) is 0 Å². The molecule has 0 spiro atoms. The Morgan fingerprint density at radius 2 is 1.43 bits per heavy atom. The zero-order valence-corrected chi connectivity index (χ0v) is 8.08. The van der Waals surface area contributed by atoms with Gasteiger partial charge in [-0.2, -0.15) is 12.8 Å². The maximum Gasteiger partial charge on any atom is 2.00 e. The van der Waals surface area contributed by atoms with Crippen LogP contribution in [0.1, 0.15) is 25.7 Å². The zero-order valence-electron chi connectivity index (χ0n) is 5.11. The maximum atomic E-state index is 2.36. The van der Waals surface area contributed by atoms with E-state index in [0.717, 1.165) is 0 Å². The van der Waals surface area contributed by atoms with Crippen LogP contribution in [0.4, 0.5) is 0 Å². The van der Waals surface area contributed by atoms with Crippen molar-refractivity contribution >= 4 is 0 Å². The minimum absolute atomic E-state index is 0. The average molecular weight is 150 g/mol. The molecular formula is C6H12Zn. The van der Waals surface area contributed by atoms with Crippen molar-refractivity contribution in [1.29, 1.82) is 0 Å². The van der Waals surface area contributed by atoms with Gasteiger partial charge >= 0.3 is 19.5 Å². The molecular weight excluding hydrogens is 137 g/mol. The first kappa shape index (κ1) is 10.6. The van der Waals surface area contributed by atoms with Gasteiger partial charge in [0.2, 0.25) is 0 Å². The first-order chi connectivity index (χ1) is 2.50. The van der Waals surface area contributed by atoms with Gasteiger partial charge < -0.3 is 13.8 Å². The third kappa shape index (κ3) is 4.48. The Morgan fingerprint density at radius 3 is 1.57 bits per heavy atom.